The van der Waals surface area contributed by atoms with E-state index in [1.165, 1.54) is 18.5 Å². The van der Waals surface area contributed by atoms with E-state index in [0.717, 1.165) is 73.0 Å². The van der Waals surface area contributed by atoms with Crippen LogP contribution in [0.15, 0.2) is 54.9 Å². The van der Waals surface area contributed by atoms with Crippen LogP contribution in [-0.2, 0) is 4.74 Å². The molecule has 3 aromatic heterocycles. The third-order valence-electron chi connectivity index (χ3n) is 7.35. The highest BCUT2D eigenvalue weighted by Crippen LogP contribution is 2.31. The maximum absolute atomic E-state index is 5.57. The fraction of sp³-hybridized carbons (Fsp3) is 0.407. The van der Waals surface area contributed by atoms with Crippen molar-refractivity contribution in [1.82, 2.24) is 19.3 Å². The summed E-state index contributed by atoms with van der Waals surface area (Å²) in [5, 5.41) is 0. The largest absolute Gasteiger partial charge is 0.378 e. The van der Waals surface area contributed by atoms with Gasteiger partial charge in [0, 0.05) is 55.7 Å². The lowest BCUT2D eigenvalue weighted by atomic mass is 10.0. The lowest BCUT2D eigenvalue weighted by molar-refractivity contribution is 0.123. The van der Waals surface area contributed by atoms with Gasteiger partial charge in [0.05, 0.1) is 29.9 Å². The molecule has 2 fully saturated rings. The zero-order valence-corrected chi connectivity index (χ0v) is 20.0. The second kappa shape index (κ2) is 8.89. The van der Waals surface area contributed by atoms with Crippen LogP contribution < -0.4 is 9.80 Å². The van der Waals surface area contributed by atoms with E-state index < -0.39 is 0 Å². The Kier molecular flexibility index (Phi) is 5.59. The van der Waals surface area contributed by atoms with Crippen molar-refractivity contribution in [2.24, 2.45) is 0 Å². The summed E-state index contributed by atoms with van der Waals surface area (Å²) in [6.07, 6.45) is 6.59. The Balaban J connectivity index is 1.31. The van der Waals surface area contributed by atoms with Crippen LogP contribution in [0, 0.1) is 0 Å². The van der Waals surface area contributed by atoms with E-state index in [0.29, 0.717) is 6.04 Å². The summed E-state index contributed by atoms with van der Waals surface area (Å²) >= 11 is 0. The van der Waals surface area contributed by atoms with Crippen molar-refractivity contribution in [3.8, 4) is 11.1 Å². The van der Waals surface area contributed by atoms with Gasteiger partial charge >= 0.3 is 0 Å². The molecule has 2 aliphatic rings. The molecule has 0 atom stereocenters. The van der Waals surface area contributed by atoms with E-state index in [4.69, 9.17) is 14.7 Å². The Bertz CT molecular complexity index is 1280. The minimum atomic E-state index is 0.676. The third-order valence-corrected chi connectivity index (χ3v) is 7.35. The number of nitrogens with zero attached hydrogens (tertiary/aromatic N) is 6. The Labute approximate surface area is 200 Å². The van der Waals surface area contributed by atoms with Gasteiger partial charge in [0.2, 0.25) is 0 Å². The number of pyridine rings is 2. The maximum Gasteiger partial charge on any atom is 0.138 e. The monoisotopic (exact) mass is 456 g/mol. The Morgan fingerprint density at radius 3 is 2.41 bits per heavy atom. The standard InChI is InChI=1S/C27H32N6O/c1-30(2)22-10-12-32(13-11-22)25-8-6-20(18-28-25)21-7-9-26-29-23-4-3-5-24(27(23)33(26)19-21)31-14-16-34-17-15-31/h3-9,18-19,22H,10-17H2,1-2H3. The van der Waals surface area contributed by atoms with Crippen molar-refractivity contribution in [3.63, 3.8) is 0 Å². The van der Waals surface area contributed by atoms with E-state index in [-0.39, 0.29) is 0 Å². The number of anilines is 2. The first kappa shape index (κ1) is 21.4. The molecule has 0 spiro atoms. The Morgan fingerprint density at radius 2 is 1.68 bits per heavy atom. The molecule has 0 saturated carbocycles. The number of rotatable bonds is 4. The number of aromatic nitrogens is 3. The average molecular weight is 457 g/mol. The van der Waals surface area contributed by atoms with Crippen molar-refractivity contribution in [3.05, 3.63) is 54.9 Å². The molecule has 6 rings (SSSR count). The van der Waals surface area contributed by atoms with Crippen LogP contribution in [0.2, 0.25) is 0 Å². The molecule has 5 heterocycles. The molecule has 0 amide bonds. The molecule has 2 saturated heterocycles. The van der Waals surface area contributed by atoms with Gasteiger partial charge < -0.3 is 19.4 Å². The van der Waals surface area contributed by atoms with Gasteiger partial charge in [-0.05, 0) is 63.3 Å². The molecule has 0 bridgehead atoms. The summed E-state index contributed by atoms with van der Waals surface area (Å²) in [5.74, 6) is 1.07. The van der Waals surface area contributed by atoms with Gasteiger partial charge in [0.15, 0.2) is 0 Å². The normalized spacial score (nSPS) is 17.9. The number of morpholine rings is 1. The van der Waals surface area contributed by atoms with Crippen LogP contribution in [0.25, 0.3) is 27.8 Å². The van der Waals surface area contributed by atoms with Crippen LogP contribution >= 0.6 is 0 Å². The van der Waals surface area contributed by atoms with Crippen LogP contribution in [0.4, 0.5) is 11.5 Å². The van der Waals surface area contributed by atoms with Crippen molar-refractivity contribution in [1.29, 1.82) is 0 Å². The molecule has 2 aliphatic heterocycles. The van der Waals surface area contributed by atoms with E-state index in [9.17, 15) is 0 Å². The number of ether oxygens (including phenoxy) is 1. The molecule has 7 heteroatoms. The SMILES string of the molecule is CN(C)C1CCN(c2ccc(-c3ccc4nc5cccc(N6CCOCC6)c5n4c3)cn2)CC1. The van der Waals surface area contributed by atoms with E-state index in [1.54, 1.807) is 0 Å². The summed E-state index contributed by atoms with van der Waals surface area (Å²) in [6.45, 7) is 5.47. The molecular weight excluding hydrogens is 424 g/mol. The predicted molar refractivity (Wildman–Crippen MR) is 138 cm³/mol. The number of benzene rings is 1. The van der Waals surface area contributed by atoms with Gasteiger partial charge in [-0.2, -0.15) is 0 Å². The number of fused-ring (bicyclic) bond motifs is 3. The first-order valence-corrected chi connectivity index (χ1v) is 12.3. The van der Waals surface area contributed by atoms with Crippen molar-refractivity contribution in [2.45, 2.75) is 18.9 Å². The van der Waals surface area contributed by atoms with Gasteiger partial charge in [0.25, 0.3) is 0 Å². The first-order chi connectivity index (χ1) is 16.7. The maximum atomic E-state index is 5.57. The number of hydrogen-bond acceptors (Lipinski definition) is 6. The van der Waals surface area contributed by atoms with Crippen molar-refractivity contribution in [2.75, 3.05) is 63.3 Å². The second-order valence-corrected chi connectivity index (χ2v) is 9.59. The minimum absolute atomic E-state index is 0.676. The van der Waals surface area contributed by atoms with Gasteiger partial charge in [-0.25, -0.2) is 9.97 Å². The van der Waals surface area contributed by atoms with Gasteiger partial charge in [-0.3, -0.25) is 4.40 Å². The van der Waals surface area contributed by atoms with E-state index >= 15 is 0 Å². The van der Waals surface area contributed by atoms with E-state index in [2.05, 4.69) is 81.9 Å². The molecule has 34 heavy (non-hydrogen) atoms. The fourth-order valence-corrected chi connectivity index (χ4v) is 5.33. The molecular formula is C27H32N6O. The highest BCUT2D eigenvalue weighted by atomic mass is 16.5. The Morgan fingerprint density at radius 1 is 0.882 bits per heavy atom. The molecule has 0 N–H and O–H groups in total. The highest BCUT2D eigenvalue weighted by Gasteiger charge is 2.21. The summed E-state index contributed by atoms with van der Waals surface area (Å²) in [6, 6.07) is 15.7. The van der Waals surface area contributed by atoms with Gasteiger partial charge in [0.1, 0.15) is 11.5 Å². The van der Waals surface area contributed by atoms with Gasteiger partial charge in [-0.15, -0.1) is 0 Å². The van der Waals surface area contributed by atoms with Crippen molar-refractivity contribution < 1.29 is 4.74 Å². The summed E-state index contributed by atoms with van der Waals surface area (Å²) < 4.78 is 7.80. The smallest absolute Gasteiger partial charge is 0.138 e. The third kappa shape index (κ3) is 3.89. The van der Waals surface area contributed by atoms with Crippen molar-refractivity contribution >= 4 is 28.2 Å². The zero-order chi connectivity index (χ0) is 23.1. The van der Waals surface area contributed by atoms with Crippen LogP contribution in [0.5, 0.6) is 0 Å². The van der Waals surface area contributed by atoms with E-state index in [1.807, 2.05) is 6.20 Å². The van der Waals surface area contributed by atoms with Crippen LogP contribution in [-0.4, -0.2) is 78.8 Å². The number of para-hydroxylation sites is 1. The van der Waals surface area contributed by atoms with Gasteiger partial charge in [-0.1, -0.05) is 6.07 Å². The molecule has 4 aromatic rings. The first-order valence-electron chi connectivity index (χ1n) is 12.3. The molecule has 0 unspecified atom stereocenters. The number of piperidine rings is 1. The summed E-state index contributed by atoms with van der Waals surface area (Å²) in [4.78, 5) is 16.9. The minimum Gasteiger partial charge on any atom is -0.378 e. The molecule has 0 aliphatic carbocycles. The summed E-state index contributed by atoms with van der Waals surface area (Å²) in [7, 11) is 4.36. The predicted octanol–water partition coefficient (Wildman–Crippen LogP) is 3.92. The number of imidazole rings is 1. The lowest BCUT2D eigenvalue weighted by Crippen LogP contribution is -2.42. The van der Waals surface area contributed by atoms with Crippen LogP contribution in [0.1, 0.15) is 12.8 Å². The highest BCUT2D eigenvalue weighted by molar-refractivity contribution is 5.92. The fourth-order valence-electron chi connectivity index (χ4n) is 5.33. The molecule has 1 aromatic carbocycles. The quantitative estimate of drug-likeness (QED) is 0.464. The lowest BCUT2D eigenvalue weighted by Gasteiger charge is -2.35. The number of hydrogen-bond donors (Lipinski definition) is 0. The topological polar surface area (TPSA) is 49.1 Å². The average Bonchev–Trinajstić information content (AvgIpc) is 3.27. The second-order valence-electron chi connectivity index (χ2n) is 9.59. The zero-order valence-electron chi connectivity index (χ0n) is 20.0. The molecule has 176 valence electrons. The van der Waals surface area contributed by atoms with Crippen LogP contribution in [0.3, 0.4) is 0 Å². The summed E-state index contributed by atoms with van der Waals surface area (Å²) in [5.41, 5.74) is 6.65. The molecule has 0 radical (unpaired) electrons. The molecule has 7 nitrogen and oxygen atoms in total. The Hall–Kier alpha value is -3.16.